The summed E-state index contributed by atoms with van der Waals surface area (Å²) < 4.78 is 0. The van der Waals surface area contributed by atoms with Crippen molar-refractivity contribution in [3.8, 4) is 0 Å². The number of carbonyl (C=O) groups excluding carboxylic acids is 2. The lowest BCUT2D eigenvalue weighted by Crippen LogP contribution is -2.32. The third kappa shape index (κ3) is 4.52. The molecule has 29 heavy (non-hydrogen) atoms. The number of aliphatic hydroxyl groups excluding tert-OH is 1. The Labute approximate surface area is 176 Å². The average Bonchev–Trinajstić information content (AvgIpc) is 2.93. The van der Waals surface area contributed by atoms with Crippen molar-refractivity contribution in [2.45, 2.75) is 19.4 Å². The zero-order valence-corrected chi connectivity index (χ0v) is 17.6. The first-order valence-electron chi connectivity index (χ1n) is 9.55. The fourth-order valence-corrected chi connectivity index (χ4v) is 3.65. The van der Waals surface area contributed by atoms with E-state index in [1.807, 2.05) is 50.2 Å². The van der Waals surface area contributed by atoms with Gasteiger partial charge in [-0.05, 0) is 63.8 Å². The molecule has 0 bridgehead atoms. The Kier molecular flexibility index (Phi) is 6.40. The summed E-state index contributed by atoms with van der Waals surface area (Å²) >= 11 is 5.94. The summed E-state index contributed by atoms with van der Waals surface area (Å²) in [6.07, 6.45) is 0.726. The number of nitrogens with zero attached hydrogens (tertiary/aromatic N) is 2. The Morgan fingerprint density at radius 3 is 2.28 bits per heavy atom. The van der Waals surface area contributed by atoms with Crippen molar-refractivity contribution in [1.82, 2.24) is 9.80 Å². The molecule has 0 aliphatic carbocycles. The lowest BCUT2D eigenvalue weighted by atomic mass is 9.94. The van der Waals surface area contributed by atoms with Crippen molar-refractivity contribution < 1.29 is 14.7 Å². The molecule has 1 fully saturated rings. The number of hydrogen-bond acceptors (Lipinski definition) is 4. The highest BCUT2D eigenvalue weighted by Gasteiger charge is 2.45. The van der Waals surface area contributed by atoms with Crippen LogP contribution >= 0.6 is 11.6 Å². The number of aryl methyl sites for hydroxylation is 1. The molecule has 6 heteroatoms. The molecule has 1 atom stereocenters. The molecule has 0 saturated carbocycles. The zero-order chi connectivity index (χ0) is 21.1. The van der Waals surface area contributed by atoms with E-state index in [0.29, 0.717) is 17.1 Å². The van der Waals surface area contributed by atoms with E-state index in [1.54, 1.807) is 29.2 Å². The molecule has 3 rings (SSSR count). The fraction of sp³-hybridized carbons (Fsp3) is 0.304. The summed E-state index contributed by atoms with van der Waals surface area (Å²) in [4.78, 5) is 29.3. The molecule has 1 heterocycles. The Morgan fingerprint density at radius 2 is 1.69 bits per heavy atom. The molecular formula is C23H25ClN2O3. The number of ketones is 1. The van der Waals surface area contributed by atoms with Gasteiger partial charge < -0.3 is 14.9 Å². The largest absolute Gasteiger partial charge is 0.507 e. The molecule has 1 saturated heterocycles. The second-order valence-corrected chi connectivity index (χ2v) is 8.00. The summed E-state index contributed by atoms with van der Waals surface area (Å²) in [5, 5.41) is 11.5. The molecule has 1 aliphatic heterocycles. The van der Waals surface area contributed by atoms with E-state index in [1.165, 1.54) is 0 Å². The van der Waals surface area contributed by atoms with Crippen molar-refractivity contribution in [2.24, 2.45) is 0 Å². The van der Waals surface area contributed by atoms with Gasteiger partial charge in [0, 0.05) is 17.1 Å². The second kappa shape index (κ2) is 8.80. The van der Waals surface area contributed by atoms with Crippen LogP contribution in [0, 0.1) is 6.92 Å². The second-order valence-electron chi connectivity index (χ2n) is 7.57. The molecule has 1 N–H and O–H groups in total. The van der Waals surface area contributed by atoms with Crippen LogP contribution in [0.5, 0.6) is 0 Å². The van der Waals surface area contributed by atoms with Crippen molar-refractivity contribution in [1.29, 1.82) is 0 Å². The van der Waals surface area contributed by atoms with Gasteiger partial charge in [-0.1, -0.05) is 41.4 Å². The summed E-state index contributed by atoms with van der Waals surface area (Å²) in [5.41, 5.74) is 2.45. The van der Waals surface area contributed by atoms with E-state index in [4.69, 9.17) is 11.6 Å². The molecule has 1 amide bonds. The maximum atomic E-state index is 12.9. The van der Waals surface area contributed by atoms with E-state index in [2.05, 4.69) is 0 Å². The molecule has 152 valence electrons. The standard InChI is InChI=1S/C23H25ClN2O3/c1-15-5-7-16(8-6-15)20-19(21(27)17-9-11-18(24)12-10-17)22(28)23(29)26(20)14-4-13-25(2)3/h5-12,20,27H,4,13-14H2,1-3H3. The summed E-state index contributed by atoms with van der Waals surface area (Å²) in [6, 6.07) is 13.6. The predicted molar refractivity (Wildman–Crippen MR) is 115 cm³/mol. The first-order chi connectivity index (χ1) is 13.8. The number of aliphatic hydroxyl groups is 1. The van der Waals surface area contributed by atoms with Crippen LogP contribution < -0.4 is 0 Å². The Balaban J connectivity index is 2.07. The van der Waals surface area contributed by atoms with Gasteiger partial charge in [0.25, 0.3) is 11.7 Å². The third-order valence-corrected chi connectivity index (χ3v) is 5.31. The van der Waals surface area contributed by atoms with E-state index in [0.717, 1.165) is 24.1 Å². The molecule has 0 radical (unpaired) electrons. The molecule has 5 nitrogen and oxygen atoms in total. The highest BCUT2D eigenvalue weighted by Crippen LogP contribution is 2.39. The highest BCUT2D eigenvalue weighted by atomic mass is 35.5. The van der Waals surface area contributed by atoms with Crippen LogP contribution in [0.2, 0.25) is 5.02 Å². The van der Waals surface area contributed by atoms with Crippen LogP contribution in [-0.4, -0.2) is 53.8 Å². The van der Waals surface area contributed by atoms with Gasteiger partial charge in [0.2, 0.25) is 0 Å². The summed E-state index contributed by atoms with van der Waals surface area (Å²) in [5.74, 6) is -1.42. The minimum absolute atomic E-state index is 0.117. The maximum absolute atomic E-state index is 12.9. The number of benzene rings is 2. The van der Waals surface area contributed by atoms with Crippen molar-refractivity contribution in [2.75, 3.05) is 27.2 Å². The van der Waals surface area contributed by atoms with E-state index >= 15 is 0 Å². The minimum Gasteiger partial charge on any atom is -0.507 e. The highest BCUT2D eigenvalue weighted by molar-refractivity contribution is 6.46. The van der Waals surface area contributed by atoms with Crippen molar-refractivity contribution >= 4 is 29.1 Å². The predicted octanol–water partition coefficient (Wildman–Crippen LogP) is 4.02. The minimum atomic E-state index is -0.659. The van der Waals surface area contributed by atoms with E-state index in [9.17, 15) is 14.7 Å². The molecule has 2 aromatic carbocycles. The number of halogens is 1. The maximum Gasteiger partial charge on any atom is 0.295 e. The monoisotopic (exact) mass is 412 g/mol. The van der Waals surface area contributed by atoms with Crippen LogP contribution in [-0.2, 0) is 9.59 Å². The number of hydrogen-bond donors (Lipinski definition) is 1. The molecule has 0 aromatic heterocycles. The van der Waals surface area contributed by atoms with Crippen molar-refractivity contribution in [3.63, 3.8) is 0 Å². The summed E-state index contributed by atoms with van der Waals surface area (Å²) in [7, 11) is 3.93. The van der Waals surface area contributed by atoms with Crippen LogP contribution in [0.15, 0.2) is 54.1 Å². The van der Waals surface area contributed by atoms with Gasteiger partial charge in [0.15, 0.2) is 0 Å². The van der Waals surface area contributed by atoms with Gasteiger partial charge in [-0.25, -0.2) is 0 Å². The molecular weight excluding hydrogens is 388 g/mol. The number of amides is 1. The van der Waals surface area contributed by atoms with Crippen LogP contribution in [0.25, 0.3) is 5.76 Å². The Morgan fingerprint density at radius 1 is 1.07 bits per heavy atom. The van der Waals surface area contributed by atoms with Gasteiger partial charge in [0.1, 0.15) is 5.76 Å². The lowest BCUT2D eigenvalue weighted by Gasteiger charge is -2.26. The molecule has 1 unspecified atom stereocenters. The number of Topliss-reactive ketones (excluding diaryl/α,β-unsaturated/α-hetero) is 1. The smallest absolute Gasteiger partial charge is 0.295 e. The first kappa shape index (κ1) is 21.1. The Bertz CT molecular complexity index is 934. The van der Waals surface area contributed by atoms with E-state index in [-0.39, 0.29) is 11.3 Å². The first-order valence-corrected chi connectivity index (χ1v) is 9.93. The third-order valence-electron chi connectivity index (χ3n) is 5.06. The average molecular weight is 413 g/mol. The SMILES string of the molecule is Cc1ccc(C2C(=C(O)c3ccc(Cl)cc3)C(=O)C(=O)N2CCCN(C)C)cc1. The number of carbonyl (C=O) groups is 2. The van der Waals surface area contributed by atoms with Gasteiger partial charge in [-0.2, -0.15) is 0 Å². The topological polar surface area (TPSA) is 60.9 Å². The van der Waals surface area contributed by atoms with Gasteiger partial charge >= 0.3 is 0 Å². The molecule has 2 aromatic rings. The number of likely N-dealkylation sites (tertiary alicyclic amines) is 1. The van der Waals surface area contributed by atoms with Crippen LogP contribution in [0.3, 0.4) is 0 Å². The summed E-state index contributed by atoms with van der Waals surface area (Å²) in [6.45, 7) is 3.20. The quantitative estimate of drug-likeness (QED) is 0.442. The number of rotatable bonds is 6. The van der Waals surface area contributed by atoms with Crippen LogP contribution in [0.1, 0.15) is 29.2 Å². The Hall–Kier alpha value is -2.63. The van der Waals surface area contributed by atoms with Crippen LogP contribution in [0.4, 0.5) is 0 Å². The molecule has 0 spiro atoms. The molecule has 1 aliphatic rings. The fourth-order valence-electron chi connectivity index (χ4n) is 3.53. The van der Waals surface area contributed by atoms with E-state index < -0.39 is 17.7 Å². The lowest BCUT2D eigenvalue weighted by molar-refractivity contribution is -0.139. The van der Waals surface area contributed by atoms with Gasteiger partial charge in [0.05, 0.1) is 11.6 Å². The van der Waals surface area contributed by atoms with Crippen molar-refractivity contribution in [3.05, 3.63) is 75.8 Å². The normalized spacial score (nSPS) is 18.7. The van der Waals surface area contributed by atoms with Gasteiger partial charge in [-0.15, -0.1) is 0 Å². The zero-order valence-electron chi connectivity index (χ0n) is 16.9. The van der Waals surface area contributed by atoms with Gasteiger partial charge in [-0.3, -0.25) is 9.59 Å².